The molecule has 2 rings (SSSR count). The van der Waals surface area contributed by atoms with Gasteiger partial charge in [-0.25, -0.2) is 4.79 Å². The molecule has 6 nitrogen and oxygen atoms in total. The summed E-state index contributed by atoms with van der Waals surface area (Å²) in [6, 6.07) is 7.98. The molecule has 0 aliphatic carbocycles. The first-order valence-corrected chi connectivity index (χ1v) is 7.45. The topological polar surface area (TPSA) is 61.9 Å². The van der Waals surface area contributed by atoms with E-state index in [0.29, 0.717) is 32.7 Å². The monoisotopic (exact) mass is 305 g/mol. The van der Waals surface area contributed by atoms with E-state index in [4.69, 9.17) is 4.74 Å². The van der Waals surface area contributed by atoms with Crippen LogP contribution in [0.4, 0.5) is 4.79 Å². The van der Waals surface area contributed by atoms with Gasteiger partial charge in [-0.1, -0.05) is 29.8 Å². The predicted molar refractivity (Wildman–Crippen MR) is 83.4 cm³/mol. The van der Waals surface area contributed by atoms with Crippen LogP contribution in [0.2, 0.25) is 0 Å². The Bertz CT molecular complexity index is 525. The van der Waals surface area contributed by atoms with Gasteiger partial charge in [0.2, 0.25) is 5.91 Å². The van der Waals surface area contributed by atoms with Crippen LogP contribution in [-0.4, -0.2) is 61.6 Å². The van der Waals surface area contributed by atoms with E-state index < -0.39 is 0 Å². The number of benzene rings is 1. The van der Waals surface area contributed by atoms with Crippen molar-refractivity contribution in [2.45, 2.75) is 13.5 Å². The number of rotatable bonds is 4. The Hall–Kier alpha value is -2.08. The lowest BCUT2D eigenvalue weighted by molar-refractivity contribution is -0.136. The summed E-state index contributed by atoms with van der Waals surface area (Å²) in [4.78, 5) is 27.3. The first-order chi connectivity index (χ1) is 10.6. The third-order valence-corrected chi connectivity index (χ3v) is 3.71. The lowest BCUT2D eigenvalue weighted by Gasteiger charge is -2.34. The Labute approximate surface area is 131 Å². The zero-order valence-corrected chi connectivity index (χ0v) is 13.2. The van der Waals surface area contributed by atoms with Crippen molar-refractivity contribution in [3.8, 4) is 0 Å². The molecule has 0 bridgehead atoms. The fourth-order valence-electron chi connectivity index (χ4n) is 2.49. The molecule has 3 amide bonds. The second-order valence-electron chi connectivity index (χ2n) is 5.45. The molecule has 1 N–H and O–H groups in total. The highest BCUT2D eigenvalue weighted by molar-refractivity contribution is 5.78. The van der Waals surface area contributed by atoms with Gasteiger partial charge in [-0.15, -0.1) is 0 Å². The maximum absolute atomic E-state index is 12.1. The summed E-state index contributed by atoms with van der Waals surface area (Å²) in [5.41, 5.74) is 2.26. The zero-order chi connectivity index (χ0) is 15.9. The molecule has 1 heterocycles. The number of hydrogen-bond donors (Lipinski definition) is 1. The minimum Gasteiger partial charge on any atom is -0.375 e. The molecule has 0 saturated carbocycles. The van der Waals surface area contributed by atoms with E-state index in [2.05, 4.69) is 11.4 Å². The quantitative estimate of drug-likeness (QED) is 0.902. The second-order valence-corrected chi connectivity index (χ2v) is 5.45. The summed E-state index contributed by atoms with van der Waals surface area (Å²) in [5.74, 6) is -0.0256. The van der Waals surface area contributed by atoms with Crippen LogP contribution in [0.1, 0.15) is 11.1 Å². The molecule has 6 heteroatoms. The summed E-state index contributed by atoms with van der Waals surface area (Å²) in [7, 11) is 1.51. The molecule has 1 aliphatic heterocycles. The number of aryl methyl sites for hydroxylation is 1. The molecule has 1 aromatic carbocycles. The highest BCUT2D eigenvalue weighted by Gasteiger charge is 2.23. The molecule has 1 aromatic rings. The Morgan fingerprint density at radius 3 is 2.50 bits per heavy atom. The van der Waals surface area contributed by atoms with Gasteiger partial charge >= 0.3 is 6.03 Å². The Morgan fingerprint density at radius 1 is 1.18 bits per heavy atom. The van der Waals surface area contributed by atoms with Crippen LogP contribution < -0.4 is 5.32 Å². The van der Waals surface area contributed by atoms with Gasteiger partial charge in [0, 0.05) is 39.8 Å². The highest BCUT2D eigenvalue weighted by Crippen LogP contribution is 2.05. The van der Waals surface area contributed by atoms with Crippen molar-refractivity contribution in [2.75, 3.05) is 39.9 Å². The SMILES string of the molecule is COCC(=O)N1CCN(C(=O)NCc2cccc(C)c2)CC1. The minimum atomic E-state index is -0.0830. The maximum Gasteiger partial charge on any atom is 0.317 e. The molecule has 0 atom stereocenters. The summed E-state index contributed by atoms with van der Waals surface area (Å²) < 4.78 is 4.84. The van der Waals surface area contributed by atoms with E-state index in [1.165, 1.54) is 12.7 Å². The average Bonchev–Trinajstić information content (AvgIpc) is 2.53. The van der Waals surface area contributed by atoms with E-state index in [-0.39, 0.29) is 18.5 Å². The van der Waals surface area contributed by atoms with Crippen LogP contribution in [0, 0.1) is 6.92 Å². The smallest absolute Gasteiger partial charge is 0.317 e. The number of ether oxygens (including phenoxy) is 1. The zero-order valence-electron chi connectivity index (χ0n) is 13.2. The number of nitrogens with zero attached hydrogens (tertiary/aromatic N) is 2. The van der Waals surface area contributed by atoms with Crippen LogP contribution >= 0.6 is 0 Å². The predicted octanol–water partition coefficient (Wildman–Crippen LogP) is 0.995. The van der Waals surface area contributed by atoms with Crippen molar-refractivity contribution in [3.63, 3.8) is 0 Å². The van der Waals surface area contributed by atoms with Gasteiger partial charge in [-0.2, -0.15) is 0 Å². The Kier molecular flexibility index (Phi) is 5.77. The van der Waals surface area contributed by atoms with Gasteiger partial charge in [0.1, 0.15) is 6.61 Å². The van der Waals surface area contributed by atoms with Crippen molar-refractivity contribution in [3.05, 3.63) is 35.4 Å². The van der Waals surface area contributed by atoms with E-state index in [0.717, 1.165) is 5.56 Å². The number of urea groups is 1. The number of carbonyl (C=O) groups excluding carboxylic acids is 2. The molecule has 1 saturated heterocycles. The van der Waals surface area contributed by atoms with Crippen molar-refractivity contribution in [1.82, 2.24) is 15.1 Å². The summed E-state index contributed by atoms with van der Waals surface area (Å²) in [6.07, 6.45) is 0. The first kappa shape index (κ1) is 16.3. The highest BCUT2D eigenvalue weighted by atomic mass is 16.5. The summed E-state index contributed by atoms with van der Waals surface area (Å²) in [5, 5.41) is 2.92. The molecule has 120 valence electrons. The van der Waals surface area contributed by atoms with Gasteiger partial charge < -0.3 is 19.9 Å². The number of nitrogens with one attached hydrogen (secondary N) is 1. The van der Waals surface area contributed by atoms with E-state index in [1.807, 2.05) is 25.1 Å². The van der Waals surface area contributed by atoms with Crippen molar-refractivity contribution in [2.24, 2.45) is 0 Å². The van der Waals surface area contributed by atoms with Crippen LogP contribution in [0.3, 0.4) is 0 Å². The molecular weight excluding hydrogens is 282 g/mol. The Morgan fingerprint density at radius 2 is 1.86 bits per heavy atom. The van der Waals surface area contributed by atoms with Crippen molar-refractivity contribution < 1.29 is 14.3 Å². The minimum absolute atomic E-state index is 0.0256. The summed E-state index contributed by atoms with van der Waals surface area (Å²) in [6.45, 7) is 4.86. The lowest BCUT2D eigenvalue weighted by Crippen LogP contribution is -2.53. The molecule has 0 radical (unpaired) electrons. The molecular formula is C16H23N3O3. The number of amides is 3. The number of carbonyl (C=O) groups is 2. The van der Waals surface area contributed by atoms with Crippen LogP contribution in [0.25, 0.3) is 0 Å². The van der Waals surface area contributed by atoms with Crippen molar-refractivity contribution >= 4 is 11.9 Å². The molecule has 0 aromatic heterocycles. The molecule has 0 unspecified atom stereocenters. The van der Waals surface area contributed by atoms with Crippen LogP contribution in [0.5, 0.6) is 0 Å². The fraction of sp³-hybridized carbons (Fsp3) is 0.500. The van der Waals surface area contributed by atoms with Gasteiger partial charge in [-0.3, -0.25) is 4.79 Å². The number of methoxy groups -OCH3 is 1. The maximum atomic E-state index is 12.1. The van der Waals surface area contributed by atoms with E-state index in [1.54, 1.807) is 9.80 Å². The third-order valence-electron chi connectivity index (χ3n) is 3.71. The second kappa shape index (κ2) is 7.79. The number of piperazine rings is 1. The molecule has 0 spiro atoms. The average molecular weight is 305 g/mol. The first-order valence-electron chi connectivity index (χ1n) is 7.45. The normalized spacial score (nSPS) is 14.8. The van der Waals surface area contributed by atoms with E-state index in [9.17, 15) is 9.59 Å². The summed E-state index contributed by atoms with van der Waals surface area (Å²) >= 11 is 0. The van der Waals surface area contributed by atoms with E-state index >= 15 is 0 Å². The fourth-order valence-corrected chi connectivity index (χ4v) is 2.49. The van der Waals surface area contributed by atoms with Gasteiger partial charge in [0.25, 0.3) is 0 Å². The largest absolute Gasteiger partial charge is 0.375 e. The number of hydrogen-bond acceptors (Lipinski definition) is 3. The van der Waals surface area contributed by atoms with Crippen LogP contribution in [-0.2, 0) is 16.1 Å². The van der Waals surface area contributed by atoms with Crippen LogP contribution in [0.15, 0.2) is 24.3 Å². The molecule has 22 heavy (non-hydrogen) atoms. The standard InChI is InChI=1S/C16H23N3O3/c1-13-4-3-5-14(10-13)11-17-16(21)19-8-6-18(7-9-19)15(20)12-22-2/h3-5,10H,6-9,11-12H2,1-2H3,(H,17,21). The molecule has 1 aliphatic rings. The van der Waals surface area contributed by atoms with Gasteiger partial charge in [0.05, 0.1) is 0 Å². The lowest BCUT2D eigenvalue weighted by atomic mass is 10.1. The molecule has 1 fully saturated rings. The van der Waals surface area contributed by atoms with Gasteiger partial charge in [0.15, 0.2) is 0 Å². The third kappa shape index (κ3) is 4.46. The Balaban J connectivity index is 1.76. The van der Waals surface area contributed by atoms with Crippen molar-refractivity contribution in [1.29, 1.82) is 0 Å². The van der Waals surface area contributed by atoms with Gasteiger partial charge in [-0.05, 0) is 12.5 Å².